The van der Waals surface area contributed by atoms with Crippen LogP contribution in [0.15, 0.2) is 54.6 Å². The zero-order valence-corrected chi connectivity index (χ0v) is 13.0. The van der Waals surface area contributed by atoms with Gasteiger partial charge in [0.25, 0.3) is 0 Å². The van der Waals surface area contributed by atoms with Crippen LogP contribution in [0.25, 0.3) is 0 Å². The van der Waals surface area contributed by atoms with Crippen LogP contribution in [-0.4, -0.2) is 28.6 Å². The summed E-state index contributed by atoms with van der Waals surface area (Å²) >= 11 is 1.58. The Balaban J connectivity index is 0.000000507. The summed E-state index contributed by atoms with van der Waals surface area (Å²) in [7, 11) is 0. The van der Waals surface area contributed by atoms with E-state index in [0.717, 1.165) is 12.2 Å². The largest absolute Gasteiger partial charge is 2.00 e. The number of carboxylic acid groups (broad SMARTS) is 1. The number of rotatable bonds is 6. The molecule has 0 saturated heterocycles. The Labute approximate surface area is 134 Å². The summed E-state index contributed by atoms with van der Waals surface area (Å²) in [4.78, 5) is 10.4. The Hall–Kier alpha value is -1.00. The second-order valence-corrected chi connectivity index (χ2v) is 5.17. The summed E-state index contributed by atoms with van der Waals surface area (Å²) in [6.07, 6.45) is 0.976. The molecular weight excluding hydrogens is 314 g/mol. The molecule has 0 spiro atoms. The average Bonchev–Trinajstić information content (AvgIpc) is 3.08. The fraction of sp³-hybridized carbons (Fsp3) is 0.267. The molecule has 5 heteroatoms. The zero-order valence-electron chi connectivity index (χ0n) is 11.1. The molecular formula is C15H19FeNO2S. The Morgan fingerprint density at radius 3 is 2.30 bits per heavy atom. The molecule has 3 N–H and O–H groups in total. The van der Waals surface area contributed by atoms with Gasteiger partial charge in [-0.2, -0.15) is 47.7 Å². The summed E-state index contributed by atoms with van der Waals surface area (Å²) in [5.41, 5.74) is 6.65. The molecule has 0 saturated carbocycles. The van der Waals surface area contributed by atoms with Gasteiger partial charge in [-0.15, -0.1) is 0 Å². The first-order valence-corrected chi connectivity index (χ1v) is 7.29. The van der Waals surface area contributed by atoms with Crippen molar-refractivity contribution in [2.45, 2.75) is 12.5 Å². The molecule has 20 heavy (non-hydrogen) atoms. The second kappa shape index (κ2) is 11.8. The minimum Gasteiger partial charge on any atom is -0.480 e. The minimum absolute atomic E-state index is 0. The second-order valence-electron chi connectivity index (χ2n) is 4.03. The maximum absolute atomic E-state index is 10.4. The van der Waals surface area contributed by atoms with Gasteiger partial charge in [0.05, 0.1) is 0 Å². The van der Waals surface area contributed by atoms with E-state index in [1.807, 2.05) is 42.5 Å². The van der Waals surface area contributed by atoms with Crippen molar-refractivity contribution in [1.82, 2.24) is 0 Å². The van der Waals surface area contributed by atoms with Gasteiger partial charge in [0.1, 0.15) is 6.04 Å². The third-order valence-electron chi connectivity index (χ3n) is 2.44. The van der Waals surface area contributed by atoms with E-state index in [-0.39, 0.29) is 17.1 Å². The van der Waals surface area contributed by atoms with Crippen LogP contribution in [0, 0.1) is 0 Å². The van der Waals surface area contributed by atoms with Gasteiger partial charge in [0, 0.05) is 5.75 Å². The topological polar surface area (TPSA) is 63.3 Å². The molecule has 0 heterocycles. The monoisotopic (exact) mass is 333 g/mol. The van der Waals surface area contributed by atoms with Crippen LogP contribution in [0.1, 0.15) is 5.56 Å². The molecule has 110 valence electrons. The minimum atomic E-state index is -0.925. The number of hydrogen-bond donors (Lipinski definition) is 2. The van der Waals surface area contributed by atoms with Gasteiger partial charge < -0.3 is 10.8 Å². The van der Waals surface area contributed by atoms with Crippen LogP contribution in [0.2, 0.25) is 0 Å². The van der Waals surface area contributed by atoms with E-state index in [1.165, 1.54) is 5.56 Å². The van der Waals surface area contributed by atoms with Gasteiger partial charge in [0.2, 0.25) is 0 Å². The van der Waals surface area contributed by atoms with E-state index in [9.17, 15) is 4.79 Å². The van der Waals surface area contributed by atoms with Crippen molar-refractivity contribution in [2.24, 2.45) is 5.73 Å². The normalized spacial score (nSPS) is 10.8. The number of carbonyl (C=O) groups is 1. The maximum Gasteiger partial charge on any atom is 2.00 e. The predicted molar refractivity (Wildman–Crippen MR) is 80.7 cm³/mol. The predicted octanol–water partition coefficient (Wildman–Crippen LogP) is 2.50. The van der Waals surface area contributed by atoms with Gasteiger partial charge in [-0.1, -0.05) is 6.42 Å². The average molecular weight is 333 g/mol. The van der Waals surface area contributed by atoms with E-state index >= 15 is 0 Å². The molecule has 0 bridgehead atoms. The van der Waals surface area contributed by atoms with Crippen LogP contribution < -0.4 is 5.73 Å². The molecule has 2 rings (SSSR count). The first-order valence-electron chi connectivity index (χ1n) is 6.13. The third kappa shape index (κ3) is 8.99. The summed E-state index contributed by atoms with van der Waals surface area (Å²) in [5.74, 6) is 0.479. The number of nitrogens with two attached hydrogens (primary N) is 1. The Kier molecular flexibility index (Phi) is 11.2. The Morgan fingerprint density at radius 1 is 1.25 bits per heavy atom. The number of carboxylic acids is 1. The van der Waals surface area contributed by atoms with Gasteiger partial charge in [-0.3, -0.25) is 4.79 Å². The molecule has 0 aliphatic rings. The van der Waals surface area contributed by atoms with Gasteiger partial charge in [0.15, 0.2) is 0 Å². The molecule has 0 aliphatic carbocycles. The number of aliphatic carboxylic acids is 1. The van der Waals surface area contributed by atoms with Crippen molar-refractivity contribution in [2.75, 3.05) is 11.5 Å². The summed E-state index contributed by atoms with van der Waals surface area (Å²) in [5, 5.41) is 8.53. The molecule has 0 fully saturated rings. The maximum atomic E-state index is 10.4. The van der Waals surface area contributed by atoms with Crippen molar-refractivity contribution >= 4 is 17.7 Å². The fourth-order valence-corrected chi connectivity index (χ4v) is 2.32. The molecule has 2 aromatic rings. The van der Waals surface area contributed by atoms with E-state index in [1.54, 1.807) is 11.8 Å². The van der Waals surface area contributed by atoms with Gasteiger partial charge >= 0.3 is 23.0 Å². The number of thioether (sulfide) groups is 1. The van der Waals surface area contributed by atoms with Crippen molar-refractivity contribution in [3.8, 4) is 0 Å². The van der Waals surface area contributed by atoms with Crippen molar-refractivity contribution in [1.29, 1.82) is 0 Å². The molecule has 2 aromatic carbocycles. The molecule has 0 amide bonds. The van der Waals surface area contributed by atoms with Gasteiger partial charge in [-0.25, -0.2) is 24.3 Å². The first kappa shape index (κ1) is 19.0. The molecule has 1 atom stereocenters. The Morgan fingerprint density at radius 2 is 1.85 bits per heavy atom. The van der Waals surface area contributed by atoms with E-state index < -0.39 is 12.0 Å². The van der Waals surface area contributed by atoms with E-state index in [2.05, 4.69) is 12.1 Å². The summed E-state index contributed by atoms with van der Waals surface area (Å²) in [6.45, 7) is 0. The third-order valence-corrected chi connectivity index (χ3v) is 3.52. The van der Waals surface area contributed by atoms with Crippen LogP contribution in [0.3, 0.4) is 0 Å². The molecule has 0 aliphatic heterocycles. The van der Waals surface area contributed by atoms with Gasteiger partial charge in [-0.05, 0) is 5.75 Å². The Bertz CT molecular complexity index is 411. The van der Waals surface area contributed by atoms with Crippen molar-refractivity contribution in [3.05, 3.63) is 60.2 Å². The molecule has 3 nitrogen and oxygen atoms in total. The first-order chi connectivity index (χ1) is 9.20. The van der Waals surface area contributed by atoms with Crippen molar-refractivity contribution in [3.63, 3.8) is 0 Å². The summed E-state index contributed by atoms with van der Waals surface area (Å²) < 4.78 is 0. The number of hydrogen-bond acceptors (Lipinski definition) is 3. The molecule has 0 unspecified atom stereocenters. The van der Waals surface area contributed by atoms with E-state index in [4.69, 9.17) is 10.8 Å². The standard InChI is InChI=1S/C10H14NO2S.C5H5.Fe/c11-9(10(12)13)7-14-6-5-8-3-1-2-4-8;1-2-4-5-3-1;/h1-4,9H,5-7,11H2,(H,12,13);1-5H;/q2*-1;+2/t9-;;/m0../s1. The SMILES string of the molecule is N[C@@H](CSCC[c-]1cccc1)C(=O)O.[Fe+2].c1cc[cH-]c1. The number of aryl methyl sites for hydroxylation is 1. The van der Waals surface area contributed by atoms with E-state index in [0.29, 0.717) is 5.75 Å². The smallest absolute Gasteiger partial charge is 0.480 e. The van der Waals surface area contributed by atoms with Crippen molar-refractivity contribution < 1.29 is 27.0 Å². The summed E-state index contributed by atoms with van der Waals surface area (Å²) in [6, 6.07) is 17.4. The fourth-order valence-electron chi connectivity index (χ4n) is 1.37. The quantitative estimate of drug-likeness (QED) is 0.484. The van der Waals surface area contributed by atoms with Crippen LogP contribution in [0.4, 0.5) is 0 Å². The van der Waals surface area contributed by atoms with Crippen LogP contribution in [-0.2, 0) is 28.3 Å². The molecule has 0 radical (unpaired) electrons. The zero-order chi connectivity index (χ0) is 13.9. The van der Waals surface area contributed by atoms with Crippen LogP contribution in [0.5, 0.6) is 0 Å². The van der Waals surface area contributed by atoms with Crippen LogP contribution >= 0.6 is 11.8 Å². The molecule has 0 aromatic heterocycles.